The lowest BCUT2D eigenvalue weighted by Gasteiger charge is -2.10. The van der Waals surface area contributed by atoms with Crippen LogP contribution in [-0.4, -0.2) is 29.6 Å². The molecule has 0 aliphatic rings. The molecule has 2 N–H and O–H groups in total. The molecule has 7 nitrogen and oxygen atoms in total. The minimum Gasteiger partial charge on any atom is -0.324 e. The molecule has 0 aliphatic heterocycles. The minimum atomic E-state index is -3.59. The van der Waals surface area contributed by atoms with Crippen LogP contribution in [0.15, 0.2) is 36.4 Å². The van der Waals surface area contributed by atoms with Crippen LogP contribution in [0.4, 0.5) is 0 Å². The van der Waals surface area contributed by atoms with Gasteiger partial charge in [0.2, 0.25) is 10.0 Å². The predicted octanol–water partition coefficient (Wildman–Crippen LogP) is 4.06. The lowest BCUT2D eigenvalue weighted by Crippen LogP contribution is -2.42. The molecule has 2 aromatic carbocycles. The molecule has 1 heterocycles. The van der Waals surface area contributed by atoms with Crippen LogP contribution in [0.5, 0.6) is 0 Å². The Balaban J connectivity index is 1.88. The zero-order chi connectivity index (χ0) is 21.9. The lowest BCUT2D eigenvalue weighted by atomic mass is 10.1. The van der Waals surface area contributed by atoms with Gasteiger partial charge in [0.1, 0.15) is 11.3 Å². The van der Waals surface area contributed by atoms with Crippen molar-refractivity contribution in [3.63, 3.8) is 0 Å². The van der Waals surface area contributed by atoms with Crippen LogP contribution in [0.1, 0.15) is 41.5 Å². The molecule has 0 bridgehead atoms. The maximum Gasteiger partial charge on any atom is 0.268 e. The summed E-state index contributed by atoms with van der Waals surface area (Å²) in [7, 11) is -3.59. The van der Waals surface area contributed by atoms with Crippen LogP contribution in [0.2, 0.25) is 10.0 Å². The molecular formula is C20H22Cl2N4O3S. The van der Waals surface area contributed by atoms with Gasteiger partial charge in [-0.15, -0.1) is 4.83 Å². The maximum atomic E-state index is 12.6. The zero-order valence-electron chi connectivity index (χ0n) is 16.6. The number of fused-ring (bicyclic) bond motifs is 1. The van der Waals surface area contributed by atoms with Gasteiger partial charge in [-0.25, -0.2) is 13.4 Å². The summed E-state index contributed by atoms with van der Waals surface area (Å²) in [5, 5.41) is 1.09. The standard InChI is InChI=1S/C20H22Cl2N4O3S/c1-3-4-10-30(28,29)25-24-20(27)16-6-5-7-18-19(16)23-13(2)26(18)12-14-8-9-15(21)11-17(14)22/h5-9,11,25H,3-4,10,12H2,1-2H3,(H,24,27). The predicted molar refractivity (Wildman–Crippen MR) is 119 cm³/mol. The van der Waals surface area contributed by atoms with Gasteiger partial charge in [0.15, 0.2) is 0 Å². The van der Waals surface area contributed by atoms with Crippen LogP contribution in [0, 0.1) is 6.92 Å². The number of aromatic nitrogens is 2. The summed E-state index contributed by atoms with van der Waals surface area (Å²) in [4.78, 5) is 19.3. The highest BCUT2D eigenvalue weighted by atomic mass is 35.5. The molecule has 0 atom stereocenters. The fourth-order valence-electron chi connectivity index (χ4n) is 3.04. The summed E-state index contributed by atoms with van der Waals surface area (Å²) in [6.07, 6.45) is 1.25. The molecule has 30 heavy (non-hydrogen) atoms. The van der Waals surface area contributed by atoms with Crippen molar-refractivity contribution in [3.05, 3.63) is 63.4 Å². The summed E-state index contributed by atoms with van der Waals surface area (Å²) < 4.78 is 25.8. The van der Waals surface area contributed by atoms with Gasteiger partial charge in [-0.1, -0.05) is 48.7 Å². The minimum absolute atomic E-state index is 0.0520. The summed E-state index contributed by atoms with van der Waals surface area (Å²) in [5.41, 5.74) is 4.62. The van der Waals surface area contributed by atoms with E-state index in [-0.39, 0.29) is 11.3 Å². The molecule has 3 rings (SSSR count). The van der Waals surface area contributed by atoms with Gasteiger partial charge >= 0.3 is 0 Å². The fraction of sp³-hybridized carbons (Fsp3) is 0.300. The number of benzene rings is 2. The summed E-state index contributed by atoms with van der Waals surface area (Å²) in [6, 6.07) is 10.5. The highest BCUT2D eigenvalue weighted by Crippen LogP contribution is 2.25. The first-order valence-electron chi connectivity index (χ1n) is 9.41. The van der Waals surface area contributed by atoms with E-state index in [1.54, 1.807) is 24.3 Å². The monoisotopic (exact) mass is 468 g/mol. The number of carbonyl (C=O) groups is 1. The molecule has 0 spiro atoms. The van der Waals surface area contributed by atoms with E-state index >= 15 is 0 Å². The number of carbonyl (C=O) groups excluding carboxylic acids is 1. The van der Waals surface area contributed by atoms with Gasteiger partial charge in [-0.3, -0.25) is 10.2 Å². The van der Waals surface area contributed by atoms with Crippen LogP contribution in [-0.2, 0) is 16.6 Å². The molecule has 0 saturated heterocycles. The van der Waals surface area contributed by atoms with Crippen molar-refractivity contribution in [2.75, 3.05) is 5.75 Å². The molecule has 160 valence electrons. The number of hydrogen-bond acceptors (Lipinski definition) is 4. The SMILES string of the molecule is CCCCS(=O)(=O)NNC(=O)c1cccc2c1nc(C)n2Cc1ccc(Cl)cc1Cl. The number of nitrogens with one attached hydrogen (secondary N) is 2. The number of nitrogens with zero attached hydrogens (tertiary/aromatic N) is 2. The zero-order valence-corrected chi connectivity index (χ0v) is 18.9. The largest absolute Gasteiger partial charge is 0.324 e. The number of hydrazine groups is 1. The van der Waals surface area contributed by atoms with E-state index in [1.165, 1.54) is 0 Å². The van der Waals surface area contributed by atoms with E-state index < -0.39 is 15.9 Å². The first kappa shape index (κ1) is 22.6. The molecule has 0 radical (unpaired) electrons. The second kappa shape index (κ2) is 9.34. The number of hydrogen-bond donors (Lipinski definition) is 2. The first-order chi connectivity index (χ1) is 14.2. The summed E-state index contributed by atoms with van der Waals surface area (Å²) >= 11 is 12.3. The van der Waals surface area contributed by atoms with Crippen LogP contribution < -0.4 is 10.3 Å². The van der Waals surface area contributed by atoms with Gasteiger partial charge in [-0.2, -0.15) is 0 Å². The number of unbranched alkanes of at least 4 members (excludes halogenated alkanes) is 1. The number of rotatable bonds is 8. The highest BCUT2D eigenvalue weighted by molar-refractivity contribution is 7.89. The summed E-state index contributed by atoms with van der Waals surface area (Å²) in [6.45, 7) is 4.18. The molecule has 0 fully saturated rings. The molecule has 1 aromatic heterocycles. The molecule has 10 heteroatoms. The average Bonchev–Trinajstić information content (AvgIpc) is 3.02. The Morgan fingerprint density at radius 3 is 2.67 bits per heavy atom. The Morgan fingerprint density at radius 1 is 1.20 bits per heavy atom. The van der Waals surface area contributed by atoms with Crippen molar-refractivity contribution >= 4 is 50.2 Å². The van der Waals surface area contributed by atoms with Crippen LogP contribution >= 0.6 is 23.2 Å². The van der Waals surface area contributed by atoms with Crippen molar-refractivity contribution in [1.29, 1.82) is 0 Å². The molecule has 1 amide bonds. The van der Waals surface area contributed by atoms with E-state index in [2.05, 4.69) is 15.2 Å². The van der Waals surface area contributed by atoms with Crippen molar-refractivity contribution in [1.82, 2.24) is 19.8 Å². The third-order valence-corrected chi connectivity index (χ3v) is 6.47. The highest BCUT2D eigenvalue weighted by Gasteiger charge is 2.18. The van der Waals surface area contributed by atoms with Gasteiger partial charge in [0, 0.05) is 10.0 Å². The van der Waals surface area contributed by atoms with Crippen molar-refractivity contribution in [2.24, 2.45) is 0 Å². The third kappa shape index (κ3) is 5.13. The number of para-hydroxylation sites is 1. The normalized spacial score (nSPS) is 11.7. The third-order valence-electron chi connectivity index (χ3n) is 4.64. The summed E-state index contributed by atoms with van der Waals surface area (Å²) in [5.74, 6) is 0.0680. The average molecular weight is 469 g/mol. The van der Waals surface area contributed by atoms with Gasteiger partial charge in [0.05, 0.1) is 23.4 Å². The Bertz CT molecular complexity index is 1190. The Hall–Kier alpha value is -2.13. The number of halogens is 2. The Morgan fingerprint density at radius 2 is 1.97 bits per heavy atom. The Kier molecular flexibility index (Phi) is 7.02. The fourth-order valence-corrected chi connectivity index (χ4v) is 4.53. The molecule has 3 aromatic rings. The van der Waals surface area contributed by atoms with E-state index in [0.717, 1.165) is 17.5 Å². The number of imidazole rings is 1. The first-order valence-corrected chi connectivity index (χ1v) is 11.8. The smallest absolute Gasteiger partial charge is 0.268 e. The van der Waals surface area contributed by atoms with Crippen molar-refractivity contribution in [3.8, 4) is 0 Å². The van der Waals surface area contributed by atoms with Crippen molar-refractivity contribution < 1.29 is 13.2 Å². The van der Waals surface area contributed by atoms with Gasteiger partial charge < -0.3 is 4.57 Å². The van der Waals surface area contributed by atoms with Crippen molar-refractivity contribution in [2.45, 2.75) is 33.2 Å². The Labute approximate surface area is 185 Å². The molecule has 0 saturated carbocycles. The van der Waals surface area contributed by atoms with Crippen LogP contribution in [0.3, 0.4) is 0 Å². The molecule has 0 unspecified atom stereocenters. The van der Waals surface area contributed by atoms with Crippen LogP contribution in [0.25, 0.3) is 11.0 Å². The second-order valence-corrected chi connectivity index (χ2v) is 9.57. The topological polar surface area (TPSA) is 93.1 Å². The van der Waals surface area contributed by atoms with E-state index in [0.29, 0.717) is 34.4 Å². The van der Waals surface area contributed by atoms with E-state index in [4.69, 9.17) is 23.2 Å². The number of amides is 1. The van der Waals surface area contributed by atoms with Gasteiger partial charge in [-0.05, 0) is 43.2 Å². The van der Waals surface area contributed by atoms with E-state index in [1.807, 2.05) is 30.5 Å². The number of sulfonamides is 1. The number of aryl methyl sites for hydroxylation is 1. The lowest BCUT2D eigenvalue weighted by molar-refractivity contribution is 0.0946. The molecular weight excluding hydrogens is 447 g/mol. The second-order valence-electron chi connectivity index (χ2n) is 6.88. The maximum absolute atomic E-state index is 12.6. The quantitative estimate of drug-likeness (QED) is 0.487. The molecule has 0 aliphatic carbocycles. The van der Waals surface area contributed by atoms with Gasteiger partial charge in [0.25, 0.3) is 5.91 Å². The van der Waals surface area contributed by atoms with E-state index in [9.17, 15) is 13.2 Å².